The number of rotatable bonds is 6. The second-order valence-corrected chi connectivity index (χ2v) is 7.34. The van der Waals surface area contributed by atoms with Gasteiger partial charge in [-0.25, -0.2) is 0 Å². The van der Waals surface area contributed by atoms with Gasteiger partial charge >= 0.3 is 6.18 Å². The third-order valence-corrected chi connectivity index (χ3v) is 5.03. The van der Waals surface area contributed by atoms with Gasteiger partial charge in [0, 0.05) is 23.5 Å². The van der Waals surface area contributed by atoms with Crippen molar-refractivity contribution in [3.8, 4) is 22.8 Å². The molecule has 0 saturated heterocycles. The van der Waals surface area contributed by atoms with Gasteiger partial charge in [-0.2, -0.15) is 13.2 Å². The highest BCUT2D eigenvalue weighted by Gasteiger charge is 2.31. The Hall–Kier alpha value is -3.21. The van der Waals surface area contributed by atoms with E-state index in [1.165, 1.54) is 12.4 Å². The van der Waals surface area contributed by atoms with Gasteiger partial charge in [-0.1, -0.05) is 29.5 Å². The Bertz CT molecular complexity index is 1130. The standard InChI is InChI=1S/C19H15F3N6OS/c1-12-2-4-14(5-3-12)17-26-24-15(29-17)10-30-18-27-25-16(13-6-8-23-9-7-13)28(18)11-19(20,21)22/h2-9H,10-11H2,1H3. The van der Waals surface area contributed by atoms with E-state index in [-0.39, 0.29) is 22.6 Å². The van der Waals surface area contributed by atoms with Crippen LogP contribution in [-0.4, -0.2) is 36.1 Å². The summed E-state index contributed by atoms with van der Waals surface area (Å²) in [5.41, 5.74) is 2.36. The fourth-order valence-electron chi connectivity index (χ4n) is 2.68. The first-order chi connectivity index (χ1) is 14.4. The van der Waals surface area contributed by atoms with E-state index in [9.17, 15) is 13.2 Å². The van der Waals surface area contributed by atoms with Crippen LogP contribution in [0.1, 0.15) is 11.5 Å². The number of nitrogens with zero attached hydrogens (tertiary/aromatic N) is 6. The average molecular weight is 432 g/mol. The summed E-state index contributed by atoms with van der Waals surface area (Å²) in [7, 11) is 0. The zero-order valence-corrected chi connectivity index (χ0v) is 16.5. The summed E-state index contributed by atoms with van der Waals surface area (Å²) in [5.74, 6) is 0.899. The van der Waals surface area contributed by atoms with Crippen LogP contribution in [0.3, 0.4) is 0 Å². The maximum Gasteiger partial charge on any atom is 0.406 e. The highest BCUT2D eigenvalue weighted by Crippen LogP contribution is 2.30. The Morgan fingerprint density at radius 1 is 0.933 bits per heavy atom. The van der Waals surface area contributed by atoms with Crippen molar-refractivity contribution in [2.45, 2.75) is 30.6 Å². The summed E-state index contributed by atoms with van der Waals surface area (Å²) in [6.07, 6.45) is -1.46. The molecule has 3 heterocycles. The van der Waals surface area contributed by atoms with Crippen LogP contribution in [-0.2, 0) is 12.3 Å². The number of thioether (sulfide) groups is 1. The zero-order chi connectivity index (χ0) is 21.1. The van der Waals surface area contributed by atoms with E-state index in [1.54, 1.807) is 12.1 Å². The number of benzene rings is 1. The first-order valence-corrected chi connectivity index (χ1v) is 9.80. The van der Waals surface area contributed by atoms with Crippen LogP contribution in [0.4, 0.5) is 13.2 Å². The molecule has 7 nitrogen and oxygen atoms in total. The van der Waals surface area contributed by atoms with Gasteiger partial charge in [0.05, 0.1) is 5.75 Å². The van der Waals surface area contributed by atoms with Crippen LogP contribution in [0.2, 0.25) is 0 Å². The summed E-state index contributed by atoms with van der Waals surface area (Å²) in [6.45, 7) is 0.759. The normalized spacial score (nSPS) is 11.7. The number of aromatic nitrogens is 6. The summed E-state index contributed by atoms with van der Waals surface area (Å²) in [5, 5.41) is 16.0. The number of aryl methyl sites for hydroxylation is 1. The minimum Gasteiger partial charge on any atom is -0.420 e. The highest BCUT2D eigenvalue weighted by molar-refractivity contribution is 7.98. The Balaban J connectivity index is 1.55. The van der Waals surface area contributed by atoms with Crippen molar-refractivity contribution in [2.24, 2.45) is 0 Å². The topological polar surface area (TPSA) is 82.5 Å². The monoisotopic (exact) mass is 432 g/mol. The lowest BCUT2D eigenvalue weighted by Gasteiger charge is -2.12. The largest absolute Gasteiger partial charge is 0.420 e. The molecule has 30 heavy (non-hydrogen) atoms. The smallest absolute Gasteiger partial charge is 0.406 e. The van der Waals surface area contributed by atoms with E-state index in [1.807, 2.05) is 31.2 Å². The van der Waals surface area contributed by atoms with Crippen molar-refractivity contribution in [2.75, 3.05) is 0 Å². The molecule has 4 rings (SSSR count). The number of halogens is 3. The SMILES string of the molecule is Cc1ccc(-c2nnc(CSc3nnc(-c4ccncc4)n3CC(F)(F)F)o2)cc1. The van der Waals surface area contributed by atoms with Gasteiger partial charge in [0.2, 0.25) is 11.8 Å². The fourth-order valence-corrected chi connectivity index (χ4v) is 3.46. The third kappa shape index (κ3) is 4.67. The second-order valence-electron chi connectivity index (χ2n) is 6.40. The molecule has 0 unspecified atom stereocenters. The Kier molecular flexibility index (Phi) is 5.53. The molecule has 0 aliphatic rings. The van der Waals surface area contributed by atoms with E-state index in [0.717, 1.165) is 27.5 Å². The van der Waals surface area contributed by atoms with Gasteiger partial charge in [0.15, 0.2) is 11.0 Å². The lowest BCUT2D eigenvalue weighted by atomic mass is 10.1. The van der Waals surface area contributed by atoms with Crippen molar-refractivity contribution < 1.29 is 17.6 Å². The predicted octanol–water partition coefficient (Wildman–Crippen LogP) is 4.55. The molecule has 0 atom stereocenters. The first kappa shape index (κ1) is 20.1. The molecule has 0 fully saturated rings. The number of hydrogen-bond donors (Lipinski definition) is 0. The molecule has 0 radical (unpaired) electrons. The summed E-state index contributed by atoms with van der Waals surface area (Å²) in [6, 6.07) is 10.7. The van der Waals surface area contributed by atoms with Gasteiger partial charge in [-0.15, -0.1) is 20.4 Å². The molecule has 0 N–H and O–H groups in total. The van der Waals surface area contributed by atoms with Gasteiger partial charge in [-0.3, -0.25) is 9.55 Å². The average Bonchev–Trinajstić information content (AvgIpc) is 3.34. The summed E-state index contributed by atoms with van der Waals surface area (Å²) < 4.78 is 46.1. The van der Waals surface area contributed by atoms with E-state index < -0.39 is 12.7 Å². The molecule has 3 aromatic heterocycles. The van der Waals surface area contributed by atoms with Crippen molar-refractivity contribution in [1.29, 1.82) is 0 Å². The Morgan fingerprint density at radius 3 is 2.37 bits per heavy atom. The van der Waals surface area contributed by atoms with Crippen LogP contribution in [0.25, 0.3) is 22.8 Å². The molecule has 0 spiro atoms. The molecule has 11 heteroatoms. The van der Waals surface area contributed by atoms with Crippen molar-refractivity contribution >= 4 is 11.8 Å². The molecule has 0 aliphatic carbocycles. The third-order valence-electron chi connectivity index (χ3n) is 4.08. The van der Waals surface area contributed by atoms with Crippen molar-refractivity contribution in [1.82, 2.24) is 29.9 Å². The van der Waals surface area contributed by atoms with Gasteiger partial charge in [0.25, 0.3) is 0 Å². The molecule has 1 aromatic carbocycles. The molecular weight excluding hydrogens is 417 g/mol. The van der Waals surface area contributed by atoms with E-state index in [2.05, 4.69) is 25.4 Å². The van der Waals surface area contributed by atoms with Crippen molar-refractivity contribution in [3.63, 3.8) is 0 Å². The van der Waals surface area contributed by atoms with E-state index in [0.29, 0.717) is 11.5 Å². The van der Waals surface area contributed by atoms with Gasteiger partial charge < -0.3 is 4.42 Å². The molecule has 4 aromatic rings. The first-order valence-electron chi connectivity index (χ1n) is 8.81. The molecule has 0 aliphatic heterocycles. The maximum atomic E-state index is 13.1. The van der Waals surface area contributed by atoms with Crippen LogP contribution in [0.5, 0.6) is 0 Å². The van der Waals surface area contributed by atoms with E-state index >= 15 is 0 Å². The molecule has 154 valence electrons. The summed E-state index contributed by atoms with van der Waals surface area (Å²) >= 11 is 1.04. The van der Waals surface area contributed by atoms with Crippen LogP contribution < -0.4 is 0 Å². The van der Waals surface area contributed by atoms with E-state index in [4.69, 9.17) is 4.42 Å². The second kappa shape index (κ2) is 8.27. The van der Waals surface area contributed by atoms with Crippen LogP contribution in [0.15, 0.2) is 58.4 Å². The van der Waals surface area contributed by atoms with Crippen LogP contribution >= 0.6 is 11.8 Å². The van der Waals surface area contributed by atoms with Gasteiger partial charge in [0.1, 0.15) is 6.54 Å². The summed E-state index contributed by atoms with van der Waals surface area (Å²) in [4.78, 5) is 3.88. The molecule has 0 amide bonds. The lowest BCUT2D eigenvalue weighted by molar-refractivity contribution is -0.141. The quantitative estimate of drug-likeness (QED) is 0.413. The Morgan fingerprint density at radius 2 is 1.67 bits per heavy atom. The number of pyridine rings is 1. The number of alkyl halides is 3. The molecule has 0 bridgehead atoms. The van der Waals surface area contributed by atoms with Crippen LogP contribution in [0, 0.1) is 6.92 Å². The lowest BCUT2D eigenvalue weighted by Crippen LogP contribution is -2.19. The maximum absolute atomic E-state index is 13.1. The number of hydrogen-bond acceptors (Lipinski definition) is 7. The minimum absolute atomic E-state index is 0.106. The fraction of sp³-hybridized carbons (Fsp3) is 0.211. The zero-order valence-electron chi connectivity index (χ0n) is 15.7. The highest BCUT2D eigenvalue weighted by atomic mass is 32.2. The van der Waals surface area contributed by atoms with Gasteiger partial charge in [-0.05, 0) is 31.2 Å². The molecular formula is C19H15F3N6OS. The Labute approximate surface area is 173 Å². The van der Waals surface area contributed by atoms with Crippen molar-refractivity contribution in [3.05, 3.63) is 60.2 Å². The minimum atomic E-state index is -4.43. The molecule has 0 saturated carbocycles. The predicted molar refractivity (Wildman–Crippen MR) is 103 cm³/mol.